The van der Waals surface area contributed by atoms with Gasteiger partial charge >= 0.3 is 0 Å². The summed E-state index contributed by atoms with van der Waals surface area (Å²) in [6, 6.07) is 6.62. The van der Waals surface area contributed by atoms with Crippen molar-refractivity contribution in [2.45, 2.75) is 11.8 Å². The molecule has 0 aromatic heterocycles. The molecule has 102 valence electrons. The minimum Gasteiger partial charge on any atom is -0.262 e. The number of hydrogen-bond donors (Lipinski definition) is 0. The highest BCUT2D eigenvalue weighted by Gasteiger charge is 2.23. The maximum absolute atomic E-state index is 12.6. The van der Waals surface area contributed by atoms with Gasteiger partial charge in [-0.05, 0) is 19.1 Å². The minimum absolute atomic E-state index is 0.194. The Balaban J connectivity index is 2.22. The molecule has 0 N–H and O–H groups in total. The van der Waals surface area contributed by atoms with Crippen LogP contribution in [0.4, 0.5) is 0 Å². The van der Waals surface area contributed by atoms with Crippen LogP contribution in [0.15, 0.2) is 47.9 Å². The molecule has 0 unspecified atom stereocenters. The van der Waals surface area contributed by atoms with Gasteiger partial charge in [0, 0.05) is 6.20 Å². The summed E-state index contributed by atoms with van der Waals surface area (Å²) in [5, 5.41) is 0.229. The van der Waals surface area contributed by atoms with E-state index in [1.807, 2.05) is 6.92 Å². The number of hydrogen-bond acceptors (Lipinski definition) is 4. The fourth-order valence-electron chi connectivity index (χ4n) is 1.90. The van der Waals surface area contributed by atoms with E-state index in [1.165, 1.54) is 18.7 Å². The molecule has 0 bridgehead atoms. The average Bonchev–Trinajstić information content (AvgIpc) is 2.89. The Kier molecular flexibility index (Phi) is 2.99. The first-order chi connectivity index (χ1) is 9.50. The fraction of sp³-hybridized carbons (Fsp3) is 0.0769. The lowest BCUT2D eigenvalue weighted by Crippen LogP contribution is -2.16. The molecule has 7 heteroatoms. The van der Waals surface area contributed by atoms with Crippen LogP contribution in [-0.2, 0) is 10.0 Å². The Morgan fingerprint density at radius 1 is 1.15 bits per heavy atom. The monoisotopic (exact) mass is 307 g/mol. The van der Waals surface area contributed by atoms with Crippen molar-refractivity contribution in [1.29, 1.82) is 0 Å². The van der Waals surface area contributed by atoms with Crippen LogP contribution in [-0.4, -0.2) is 22.4 Å². The van der Waals surface area contributed by atoms with E-state index >= 15 is 0 Å². The second-order valence-corrected chi connectivity index (χ2v) is 6.53. The summed E-state index contributed by atoms with van der Waals surface area (Å²) in [6.45, 7) is 1.90. The van der Waals surface area contributed by atoms with Gasteiger partial charge in [-0.3, -0.25) is 4.98 Å². The molecule has 1 aromatic rings. The highest BCUT2D eigenvalue weighted by molar-refractivity contribution is 7.90. The van der Waals surface area contributed by atoms with E-state index in [0.29, 0.717) is 11.3 Å². The van der Waals surface area contributed by atoms with Crippen LogP contribution in [0.2, 0.25) is 5.15 Å². The van der Waals surface area contributed by atoms with Gasteiger partial charge in [0.05, 0.1) is 22.3 Å². The Bertz CT molecular complexity index is 840. The van der Waals surface area contributed by atoms with E-state index in [2.05, 4.69) is 9.97 Å². The lowest BCUT2D eigenvalue weighted by molar-refractivity contribution is 0.586. The van der Waals surface area contributed by atoms with Crippen LogP contribution >= 0.6 is 11.6 Å². The second kappa shape index (κ2) is 4.57. The summed E-state index contributed by atoms with van der Waals surface area (Å²) >= 11 is 5.93. The normalized spacial score (nSPS) is 11.9. The van der Waals surface area contributed by atoms with Crippen LogP contribution in [0.3, 0.4) is 0 Å². The third-order valence-corrected chi connectivity index (χ3v) is 4.97. The molecule has 0 aliphatic carbocycles. The molecular weight excluding hydrogens is 298 g/mol. The first-order valence-electron chi connectivity index (χ1n) is 5.79. The van der Waals surface area contributed by atoms with E-state index < -0.39 is 10.0 Å². The highest BCUT2D eigenvalue weighted by Crippen LogP contribution is 2.29. The van der Waals surface area contributed by atoms with E-state index in [9.17, 15) is 8.42 Å². The zero-order valence-corrected chi connectivity index (χ0v) is 12.1. The second-order valence-electron chi connectivity index (χ2n) is 4.36. The summed E-state index contributed by atoms with van der Waals surface area (Å²) in [6.07, 6.45) is 4.14. The molecule has 2 heterocycles. The molecule has 0 atom stereocenters. The van der Waals surface area contributed by atoms with Gasteiger partial charge in [0.25, 0.3) is 10.0 Å². The zero-order valence-electron chi connectivity index (χ0n) is 10.5. The Morgan fingerprint density at radius 2 is 1.85 bits per heavy atom. The van der Waals surface area contributed by atoms with Crippen LogP contribution in [0, 0.1) is 6.92 Å². The Hall–Kier alpha value is -1.92. The Morgan fingerprint density at radius 3 is 2.55 bits per heavy atom. The third-order valence-electron chi connectivity index (χ3n) is 2.99. The van der Waals surface area contributed by atoms with Crippen LogP contribution in [0.1, 0.15) is 5.56 Å². The topological polar surface area (TPSA) is 64.8 Å². The largest absolute Gasteiger partial charge is 0.269 e. The van der Waals surface area contributed by atoms with Crippen molar-refractivity contribution in [1.82, 2.24) is 13.9 Å². The molecule has 2 aliphatic heterocycles. The molecule has 3 rings (SSSR count). The molecule has 0 amide bonds. The highest BCUT2D eigenvalue weighted by atomic mass is 35.5. The average molecular weight is 308 g/mol. The summed E-state index contributed by atoms with van der Waals surface area (Å²) in [4.78, 5) is 8.03. The first kappa shape index (κ1) is 13.1. The number of halogens is 1. The molecule has 0 saturated carbocycles. The SMILES string of the molecule is Cc1ccc(S(=O)(=O)n2cnc(Cl)c3cncc2-3)cc1. The molecule has 1 aromatic carbocycles. The van der Waals surface area contributed by atoms with Gasteiger partial charge in [-0.1, -0.05) is 29.3 Å². The number of benzene rings is 1. The van der Waals surface area contributed by atoms with E-state index in [1.54, 1.807) is 24.3 Å². The van der Waals surface area contributed by atoms with E-state index in [-0.39, 0.29) is 10.0 Å². The number of nitrogens with zero attached hydrogens (tertiary/aromatic N) is 3. The van der Waals surface area contributed by atoms with Gasteiger partial charge in [-0.25, -0.2) is 17.4 Å². The smallest absolute Gasteiger partial charge is 0.262 e. The molecule has 0 radical (unpaired) electrons. The molecular formula is C13H10ClN3O2S. The van der Waals surface area contributed by atoms with Gasteiger partial charge in [-0.15, -0.1) is 0 Å². The van der Waals surface area contributed by atoms with Crippen molar-refractivity contribution in [3.05, 3.63) is 53.7 Å². The van der Waals surface area contributed by atoms with Gasteiger partial charge in [0.15, 0.2) is 0 Å². The number of aryl methyl sites for hydroxylation is 1. The predicted molar refractivity (Wildman–Crippen MR) is 75.4 cm³/mol. The number of aromatic nitrogens is 3. The van der Waals surface area contributed by atoms with Crippen molar-refractivity contribution in [2.24, 2.45) is 0 Å². The summed E-state index contributed by atoms with van der Waals surface area (Å²) in [7, 11) is -3.71. The zero-order chi connectivity index (χ0) is 14.3. The summed E-state index contributed by atoms with van der Waals surface area (Å²) < 4.78 is 26.3. The standard InChI is InChI=1S/C13H10ClN3O2S/c1-9-2-4-10(5-3-9)20(18,19)17-8-16-13(14)11-6-15-7-12(11)17/h2-8H,1H3. The number of rotatable bonds is 2. The van der Waals surface area contributed by atoms with Crippen molar-refractivity contribution in [3.8, 4) is 11.3 Å². The Labute approximate surface area is 121 Å². The van der Waals surface area contributed by atoms with Crippen molar-refractivity contribution < 1.29 is 8.42 Å². The summed E-state index contributed by atoms with van der Waals surface area (Å²) in [5.41, 5.74) is 1.90. The molecule has 0 saturated heterocycles. The summed E-state index contributed by atoms with van der Waals surface area (Å²) in [5.74, 6) is 0. The first-order valence-corrected chi connectivity index (χ1v) is 7.61. The minimum atomic E-state index is -3.71. The van der Waals surface area contributed by atoms with Crippen molar-refractivity contribution in [3.63, 3.8) is 0 Å². The lowest BCUT2D eigenvalue weighted by atomic mass is 10.2. The van der Waals surface area contributed by atoms with Crippen molar-refractivity contribution >= 4 is 21.6 Å². The van der Waals surface area contributed by atoms with Gasteiger partial charge in [0.1, 0.15) is 11.5 Å². The van der Waals surface area contributed by atoms with Crippen LogP contribution < -0.4 is 0 Å². The third kappa shape index (κ3) is 1.97. The van der Waals surface area contributed by atoms with Gasteiger partial charge in [-0.2, -0.15) is 0 Å². The van der Waals surface area contributed by atoms with Crippen LogP contribution in [0.5, 0.6) is 0 Å². The maximum Gasteiger partial charge on any atom is 0.269 e. The van der Waals surface area contributed by atoms with Gasteiger partial charge in [0.2, 0.25) is 0 Å². The quantitative estimate of drug-likeness (QED) is 0.683. The van der Waals surface area contributed by atoms with E-state index in [0.717, 1.165) is 9.54 Å². The van der Waals surface area contributed by atoms with Gasteiger partial charge < -0.3 is 0 Å². The number of fused-ring (bicyclic) bond motifs is 1. The molecule has 2 aliphatic rings. The lowest BCUT2D eigenvalue weighted by Gasteiger charge is -2.13. The molecule has 0 fully saturated rings. The molecule has 5 nitrogen and oxygen atoms in total. The van der Waals surface area contributed by atoms with E-state index in [4.69, 9.17) is 11.6 Å². The molecule has 0 spiro atoms. The fourth-order valence-corrected chi connectivity index (χ4v) is 3.37. The maximum atomic E-state index is 12.6. The predicted octanol–water partition coefficient (Wildman–Crippen LogP) is 2.58. The van der Waals surface area contributed by atoms with Crippen molar-refractivity contribution in [2.75, 3.05) is 0 Å². The van der Waals surface area contributed by atoms with Crippen LogP contribution in [0.25, 0.3) is 11.3 Å². The molecule has 20 heavy (non-hydrogen) atoms.